The molecule has 3 rings (SSSR count). The van der Waals surface area contributed by atoms with Crippen LogP contribution in [0.2, 0.25) is 0 Å². The van der Waals surface area contributed by atoms with E-state index >= 15 is 0 Å². The Bertz CT molecular complexity index is 848. The van der Waals surface area contributed by atoms with E-state index < -0.39 is 17.4 Å². The molecule has 7 heteroatoms. The summed E-state index contributed by atoms with van der Waals surface area (Å²) in [6.45, 7) is 3.43. The zero-order chi connectivity index (χ0) is 22.0. The number of benzene rings is 2. The molecule has 0 aliphatic carbocycles. The predicted octanol–water partition coefficient (Wildman–Crippen LogP) is 4.09. The lowest BCUT2D eigenvalue weighted by atomic mass is 9.62. The van der Waals surface area contributed by atoms with Crippen molar-refractivity contribution in [3.63, 3.8) is 0 Å². The van der Waals surface area contributed by atoms with Crippen LogP contribution in [-0.4, -0.2) is 48.2 Å². The quantitative estimate of drug-likeness (QED) is 0.628. The second-order valence-corrected chi connectivity index (χ2v) is 8.40. The van der Waals surface area contributed by atoms with Gasteiger partial charge in [0.2, 0.25) is 0 Å². The van der Waals surface area contributed by atoms with Crippen molar-refractivity contribution in [3.8, 4) is 5.75 Å². The van der Waals surface area contributed by atoms with E-state index in [0.29, 0.717) is 30.6 Å². The molecule has 0 unspecified atom stereocenters. The maximum absolute atomic E-state index is 12.5. The van der Waals surface area contributed by atoms with Gasteiger partial charge in [0.15, 0.2) is 0 Å². The first kappa shape index (κ1) is 22.6. The number of aliphatic hydroxyl groups is 2. The highest BCUT2D eigenvalue weighted by Crippen LogP contribution is 2.50. The molecular weight excluding hydrogens is 395 g/mol. The molecule has 0 bridgehead atoms. The van der Waals surface area contributed by atoms with Crippen molar-refractivity contribution in [3.05, 3.63) is 65.2 Å². The molecule has 1 atom stereocenters. The number of ether oxygens (including phenoxy) is 1. The molecule has 4 nitrogen and oxygen atoms in total. The topological polar surface area (TPSA) is 52.9 Å². The third kappa shape index (κ3) is 4.63. The maximum Gasteiger partial charge on any atom is 0.573 e. The van der Waals surface area contributed by atoms with Crippen molar-refractivity contribution >= 4 is 0 Å². The van der Waals surface area contributed by atoms with Crippen LogP contribution in [0.5, 0.6) is 5.75 Å². The molecule has 1 aliphatic heterocycles. The lowest BCUT2D eigenvalue weighted by Crippen LogP contribution is -2.63. The Morgan fingerprint density at radius 1 is 1.03 bits per heavy atom. The number of halogens is 3. The van der Waals surface area contributed by atoms with Gasteiger partial charge in [0.25, 0.3) is 0 Å². The van der Waals surface area contributed by atoms with Crippen LogP contribution in [0.25, 0.3) is 0 Å². The highest BCUT2D eigenvalue weighted by atomic mass is 19.4. The minimum Gasteiger partial charge on any atom is -0.406 e. The van der Waals surface area contributed by atoms with Crippen LogP contribution in [0.3, 0.4) is 0 Å². The molecule has 1 saturated heterocycles. The average molecular weight is 423 g/mol. The van der Waals surface area contributed by atoms with Crippen LogP contribution < -0.4 is 4.74 Å². The lowest BCUT2D eigenvalue weighted by Gasteiger charge is -2.56. The number of likely N-dealkylation sites (tertiary alicyclic amines) is 1. The van der Waals surface area contributed by atoms with E-state index in [1.807, 2.05) is 38.2 Å². The van der Waals surface area contributed by atoms with E-state index in [2.05, 4.69) is 9.64 Å². The van der Waals surface area contributed by atoms with Gasteiger partial charge in [-0.25, -0.2) is 0 Å². The Morgan fingerprint density at radius 3 is 2.27 bits per heavy atom. The molecule has 0 aromatic heterocycles. The van der Waals surface area contributed by atoms with Gasteiger partial charge in [-0.3, -0.25) is 0 Å². The lowest BCUT2D eigenvalue weighted by molar-refractivity contribution is -0.274. The first-order chi connectivity index (χ1) is 14.1. The first-order valence-corrected chi connectivity index (χ1v) is 10.0. The number of aliphatic hydroxyl groups excluding tert-OH is 1. The molecule has 1 fully saturated rings. The van der Waals surface area contributed by atoms with Crippen LogP contribution in [0.15, 0.2) is 48.5 Å². The van der Waals surface area contributed by atoms with Gasteiger partial charge in [0.1, 0.15) is 11.4 Å². The maximum atomic E-state index is 12.5. The van der Waals surface area contributed by atoms with Crippen molar-refractivity contribution in [2.45, 2.75) is 38.1 Å². The Hall–Kier alpha value is -2.09. The first-order valence-electron chi connectivity index (χ1n) is 10.0. The van der Waals surface area contributed by atoms with E-state index in [9.17, 15) is 18.3 Å². The molecule has 0 amide bonds. The predicted molar refractivity (Wildman–Crippen MR) is 108 cm³/mol. The molecule has 1 aliphatic rings. The van der Waals surface area contributed by atoms with E-state index in [4.69, 9.17) is 5.11 Å². The fourth-order valence-corrected chi connectivity index (χ4v) is 4.53. The third-order valence-electron chi connectivity index (χ3n) is 5.84. The summed E-state index contributed by atoms with van der Waals surface area (Å²) in [4.78, 5) is 2.09. The molecule has 1 heterocycles. The molecule has 0 radical (unpaired) electrons. The van der Waals surface area contributed by atoms with Gasteiger partial charge in [-0.15, -0.1) is 13.2 Å². The van der Waals surface area contributed by atoms with Gasteiger partial charge in [-0.2, -0.15) is 0 Å². The normalized spacial score (nSPS) is 18.5. The van der Waals surface area contributed by atoms with E-state index in [-0.39, 0.29) is 12.4 Å². The van der Waals surface area contributed by atoms with E-state index in [0.717, 1.165) is 18.4 Å². The van der Waals surface area contributed by atoms with Crippen LogP contribution in [0, 0.1) is 5.41 Å². The third-order valence-corrected chi connectivity index (χ3v) is 5.84. The number of hydrogen-bond acceptors (Lipinski definition) is 4. The number of unbranched alkanes of at least 4 members (excludes halogenated alkanes) is 1. The molecule has 164 valence electrons. The number of alkyl halides is 3. The van der Waals surface area contributed by atoms with Crippen molar-refractivity contribution in [2.24, 2.45) is 5.41 Å². The van der Waals surface area contributed by atoms with E-state index in [1.54, 1.807) is 0 Å². The highest BCUT2D eigenvalue weighted by molar-refractivity contribution is 5.43. The van der Waals surface area contributed by atoms with Crippen LogP contribution in [-0.2, 0) is 12.0 Å². The zero-order valence-corrected chi connectivity index (χ0v) is 17.2. The average Bonchev–Trinajstić information content (AvgIpc) is 2.66. The van der Waals surface area contributed by atoms with Gasteiger partial charge in [-0.05, 0) is 55.1 Å². The van der Waals surface area contributed by atoms with Gasteiger partial charge in [0, 0.05) is 25.1 Å². The van der Waals surface area contributed by atoms with Crippen molar-refractivity contribution < 1.29 is 28.1 Å². The monoisotopic (exact) mass is 423 g/mol. The van der Waals surface area contributed by atoms with Crippen LogP contribution in [0.1, 0.15) is 36.5 Å². The molecule has 0 spiro atoms. The Kier molecular flexibility index (Phi) is 6.45. The second-order valence-electron chi connectivity index (χ2n) is 8.40. The summed E-state index contributed by atoms with van der Waals surface area (Å²) in [6.07, 6.45) is -2.44. The fraction of sp³-hybridized carbons (Fsp3) is 0.478. The summed E-state index contributed by atoms with van der Waals surface area (Å²) in [5.41, 5.74) is 0.415. The molecule has 0 saturated carbocycles. The second kappa shape index (κ2) is 8.57. The van der Waals surface area contributed by atoms with E-state index in [1.165, 1.54) is 24.3 Å². The summed E-state index contributed by atoms with van der Waals surface area (Å²) >= 11 is 0. The molecule has 2 aromatic rings. The van der Waals surface area contributed by atoms with Crippen LogP contribution in [0.4, 0.5) is 13.2 Å². The van der Waals surface area contributed by atoms with Crippen molar-refractivity contribution in [2.75, 3.05) is 26.7 Å². The number of nitrogens with zero attached hydrogens (tertiary/aromatic N) is 1. The smallest absolute Gasteiger partial charge is 0.406 e. The number of rotatable bonds is 8. The Balaban J connectivity index is 1.98. The minimum absolute atomic E-state index is 0.139. The summed E-state index contributed by atoms with van der Waals surface area (Å²) in [7, 11) is 1.97. The SMILES string of the molecule is CN1CC(C)([C@@](O)(c2ccc(OC(F)(F)F)cc2)c2cccc(CCCCO)c2)C1. The highest BCUT2D eigenvalue weighted by Gasteiger charge is 2.55. The molecule has 2 N–H and O–H groups in total. The largest absolute Gasteiger partial charge is 0.573 e. The summed E-state index contributed by atoms with van der Waals surface area (Å²) in [5.74, 6) is -0.317. The number of aryl methyl sites for hydroxylation is 1. The zero-order valence-electron chi connectivity index (χ0n) is 17.2. The fourth-order valence-electron chi connectivity index (χ4n) is 4.53. The van der Waals surface area contributed by atoms with Crippen molar-refractivity contribution in [1.29, 1.82) is 0 Å². The standard InChI is InChI=1S/C23H28F3NO3/c1-21(15-27(2)16-21)22(29,18-9-11-20(12-10-18)30-23(24,25)26)19-8-5-7-17(14-19)6-3-4-13-28/h5,7-12,14,28-29H,3-4,6,13,15-16H2,1-2H3/t22-/m1/s1. The van der Waals surface area contributed by atoms with Gasteiger partial charge in [-0.1, -0.05) is 43.3 Å². The minimum atomic E-state index is -4.76. The molecule has 2 aromatic carbocycles. The van der Waals surface area contributed by atoms with Crippen LogP contribution >= 0.6 is 0 Å². The Labute approximate surface area is 174 Å². The molecule has 30 heavy (non-hydrogen) atoms. The summed E-state index contributed by atoms with van der Waals surface area (Å²) in [6, 6.07) is 13.2. The van der Waals surface area contributed by atoms with Gasteiger partial charge >= 0.3 is 6.36 Å². The summed E-state index contributed by atoms with van der Waals surface area (Å²) in [5, 5.41) is 21.1. The summed E-state index contributed by atoms with van der Waals surface area (Å²) < 4.78 is 41.5. The number of hydrogen-bond donors (Lipinski definition) is 2. The van der Waals surface area contributed by atoms with Gasteiger partial charge < -0.3 is 19.8 Å². The Morgan fingerprint density at radius 2 is 1.70 bits per heavy atom. The molecular formula is C23H28F3NO3. The van der Waals surface area contributed by atoms with Gasteiger partial charge in [0.05, 0.1) is 0 Å². The van der Waals surface area contributed by atoms with Crippen molar-refractivity contribution in [1.82, 2.24) is 4.90 Å².